The van der Waals surface area contributed by atoms with Crippen molar-refractivity contribution in [3.8, 4) is 35.4 Å². The summed E-state index contributed by atoms with van der Waals surface area (Å²) in [7, 11) is 3.52. The van der Waals surface area contributed by atoms with Crippen LogP contribution in [0.4, 0.5) is 19.4 Å². The molecule has 0 saturated carbocycles. The molecule has 2 aromatic heterocycles. The second kappa shape index (κ2) is 12.3. The molecular formula is C35H36F2N6O5. The monoisotopic (exact) mass is 658 g/mol. The second-order valence-electron chi connectivity index (χ2n) is 13.0. The highest BCUT2D eigenvalue weighted by molar-refractivity contribution is 6.03. The Kier molecular flexibility index (Phi) is 8.17. The lowest BCUT2D eigenvalue weighted by Gasteiger charge is -2.40. The molecule has 2 bridgehead atoms. The van der Waals surface area contributed by atoms with Crippen LogP contribution >= 0.6 is 0 Å². The molecule has 4 aromatic rings. The molecule has 3 saturated heterocycles. The molecule has 3 atom stereocenters. The summed E-state index contributed by atoms with van der Waals surface area (Å²) in [6.45, 7) is 4.04. The molecule has 3 aliphatic heterocycles. The predicted molar refractivity (Wildman–Crippen MR) is 175 cm³/mol. The van der Waals surface area contributed by atoms with Crippen molar-refractivity contribution in [3.05, 3.63) is 47.7 Å². The normalized spacial score (nSPS) is 22.4. The first-order valence-corrected chi connectivity index (χ1v) is 15.9. The molecule has 3 aliphatic rings. The van der Waals surface area contributed by atoms with Crippen molar-refractivity contribution < 1.29 is 32.9 Å². The van der Waals surface area contributed by atoms with Crippen LogP contribution < -0.4 is 14.4 Å². The number of rotatable bonds is 8. The molecule has 0 spiro atoms. The topological polar surface area (TPSA) is 113 Å². The predicted octanol–water partition coefficient (Wildman–Crippen LogP) is 5.28. The number of piperazine rings is 1. The van der Waals surface area contributed by atoms with Crippen molar-refractivity contribution in [2.45, 2.75) is 50.2 Å². The Labute approximate surface area is 276 Å². The van der Waals surface area contributed by atoms with Gasteiger partial charge in [0, 0.05) is 37.3 Å². The average Bonchev–Trinajstić information content (AvgIpc) is 3.56. The number of pyridine rings is 1. The number of carbonyl (C=O) groups is 1. The van der Waals surface area contributed by atoms with Gasteiger partial charge in [-0.1, -0.05) is 12.0 Å². The number of amides is 1. The van der Waals surface area contributed by atoms with Crippen molar-refractivity contribution in [1.82, 2.24) is 24.8 Å². The summed E-state index contributed by atoms with van der Waals surface area (Å²) in [4.78, 5) is 31.6. The van der Waals surface area contributed by atoms with Gasteiger partial charge in [0.15, 0.2) is 12.6 Å². The molecule has 1 amide bonds. The van der Waals surface area contributed by atoms with Crippen molar-refractivity contribution in [2.24, 2.45) is 0 Å². The Morgan fingerprint density at radius 1 is 1.17 bits per heavy atom. The van der Waals surface area contributed by atoms with Crippen LogP contribution in [0.2, 0.25) is 0 Å². The number of likely N-dealkylation sites (N-methyl/N-ethyl adjacent to an activating group) is 1. The molecule has 0 aliphatic carbocycles. The summed E-state index contributed by atoms with van der Waals surface area (Å²) in [6.07, 6.45) is 9.71. The average molecular weight is 659 g/mol. The van der Waals surface area contributed by atoms with Gasteiger partial charge in [0.25, 0.3) is 0 Å². The zero-order valence-electron chi connectivity index (χ0n) is 27.0. The van der Waals surface area contributed by atoms with Crippen molar-refractivity contribution in [2.75, 3.05) is 52.1 Å². The minimum Gasteiger partial charge on any atom is -0.468 e. The van der Waals surface area contributed by atoms with Crippen LogP contribution in [0.3, 0.4) is 0 Å². The van der Waals surface area contributed by atoms with Gasteiger partial charge in [-0.05, 0) is 69.8 Å². The van der Waals surface area contributed by atoms with Gasteiger partial charge >= 0.3 is 12.1 Å². The van der Waals surface area contributed by atoms with E-state index in [1.807, 2.05) is 11.9 Å². The number of hydrogen-bond donors (Lipinski definition) is 1. The van der Waals surface area contributed by atoms with Gasteiger partial charge in [0.1, 0.15) is 35.2 Å². The molecule has 0 radical (unpaired) electrons. The minimum absolute atomic E-state index is 0.000445. The fourth-order valence-corrected chi connectivity index (χ4v) is 7.41. The molecule has 5 heterocycles. The number of benzene rings is 2. The Hall–Kier alpha value is -4.80. The number of hydrogen-bond acceptors (Lipinski definition) is 9. The molecule has 1 N–H and O–H groups in total. The van der Waals surface area contributed by atoms with Crippen molar-refractivity contribution in [3.63, 3.8) is 0 Å². The van der Waals surface area contributed by atoms with E-state index in [4.69, 9.17) is 25.6 Å². The fourth-order valence-electron chi connectivity index (χ4n) is 7.41. The third-order valence-corrected chi connectivity index (χ3v) is 10.1. The number of anilines is 1. The Morgan fingerprint density at radius 2 is 1.94 bits per heavy atom. The van der Waals surface area contributed by atoms with E-state index in [-0.39, 0.29) is 52.8 Å². The van der Waals surface area contributed by atoms with Crippen LogP contribution in [0.1, 0.15) is 38.2 Å². The first-order valence-electron chi connectivity index (χ1n) is 15.9. The van der Waals surface area contributed by atoms with E-state index in [0.717, 1.165) is 32.2 Å². The first kappa shape index (κ1) is 31.8. The van der Waals surface area contributed by atoms with Crippen LogP contribution in [0, 0.1) is 24.0 Å². The Balaban J connectivity index is 1.39. The van der Waals surface area contributed by atoms with Crippen LogP contribution in [0.5, 0.6) is 11.8 Å². The second-order valence-corrected chi connectivity index (χ2v) is 13.0. The van der Waals surface area contributed by atoms with Crippen molar-refractivity contribution >= 4 is 33.6 Å². The number of likely N-dealkylation sites (tertiary alicyclic amines) is 1. The third kappa shape index (κ3) is 5.38. The maximum Gasteiger partial charge on any atom is 0.407 e. The maximum atomic E-state index is 17.0. The SMILES string of the molecule is C#Cc1c(F)ccc2cc(OCOC)cc(-c3ncc4c(N5C[C@H]6CC[C@@H](C5)N6C(=O)O)nc(OC[C@]5(C)CCCN5C)nc4c3F)c12. The fraction of sp³-hybridized carbons (Fsp3) is 0.429. The van der Waals surface area contributed by atoms with Gasteiger partial charge in [-0.2, -0.15) is 9.97 Å². The van der Waals surface area contributed by atoms with E-state index in [1.54, 1.807) is 18.2 Å². The van der Waals surface area contributed by atoms with Crippen LogP contribution in [0.15, 0.2) is 30.5 Å². The van der Waals surface area contributed by atoms with E-state index in [9.17, 15) is 9.90 Å². The number of terminal acetylenes is 1. The number of carboxylic acid groups (broad SMARTS) is 1. The maximum absolute atomic E-state index is 17.0. The van der Waals surface area contributed by atoms with Crippen molar-refractivity contribution in [1.29, 1.82) is 0 Å². The van der Waals surface area contributed by atoms with Gasteiger partial charge in [0.2, 0.25) is 0 Å². The number of methoxy groups -OCH3 is 1. The van der Waals surface area contributed by atoms with E-state index in [1.165, 1.54) is 24.3 Å². The molecule has 0 unspecified atom stereocenters. The van der Waals surface area contributed by atoms with E-state index in [2.05, 4.69) is 27.7 Å². The zero-order chi connectivity index (χ0) is 33.7. The van der Waals surface area contributed by atoms with E-state index >= 15 is 8.78 Å². The van der Waals surface area contributed by atoms with Gasteiger partial charge in [0.05, 0.1) is 28.6 Å². The lowest BCUT2D eigenvalue weighted by atomic mass is 9.95. The van der Waals surface area contributed by atoms with Crippen LogP contribution in [-0.4, -0.2) is 101 Å². The van der Waals surface area contributed by atoms with Gasteiger partial charge in [-0.25, -0.2) is 13.6 Å². The molecule has 7 rings (SSSR count). The summed E-state index contributed by atoms with van der Waals surface area (Å²) in [6, 6.07) is 5.58. The highest BCUT2D eigenvalue weighted by atomic mass is 19.1. The summed E-state index contributed by atoms with van der Waals surface area (Å²) < 4.78 is 49.0. The molecule has 48 heavy (non-hydrogen) atoms. The highest BCUT2D eigenvalue weighted by Gasteiger charge is 2.44. The Morgan fingerprint density at radius 3 is 2.60 bits per heavy atom. The zero-order valence-corrected chi connectivity index (χ0v) is 27.0. The number of nitrogens with zero attached hydrogens (tertiary/aromatic N) is 6. The van der Waals surface area contributed by atoms with E-state index < -0.39 is 17.7 Å². The lowest BCUT2D eigenvalue weighted by molar-refractivity contribution is 0.0512. The minimum atomic E-state index is -0.947. The van der Waals surface area contributed by atoms with Crippen LogP contribution in [-0.2, 0) is 4.74 Å². The number of halogens is 2. The molecule has 250 valence electrons. The molecule has 3 fully saturated rings. The smallest absolute Gasteiger partial charge is 0.407 e. The molecular weight excluding hydrogens is 622 g/mol. The number of ether oxygens (including phenoxy) is 3. The highest BCUT2D eigenvalue weighted by Crippen LogP contribution is 2.40. The van der Waals surface area contributed by atoms with Crippen LogP contribution in [0.25, 0.3) is 32.9 Å². The van der Waals surface area contributed by atoms with E-state index in [0.29, 0.717) is 47.4 Å². The summed E-state index contributed by atoms with van der Waals surface area (Å²) in [5, 5.41) is 11.0. The summed E-state index contributed by atoms with van der Waals surface area (Å²) in [5.41, 5.74) is -0.194. The van der Waals surface area contributed by atoms with Gasteiger partial charge < -0.3 is 24.2 Å². The number of fused-ring (bicyclic) bond motifs is 4. The van der Waals surface area contributed by atoms with Gasteiger partial charge in [-0.15, -0.1) is 6.42 Å². The number of aromatic nitrogens is 3. The molecule has 13 heteroatoms. The summed E-state index contributed by atoms with van der Waals surface area (Å²) in [5.74, 6) is 1.78. The largest absolute Gasteiger partial charge is 0.468 e. The first-order chi connectivity index (χ1) is 23.1. The Bertz CT molecular complexity index is 1960. The molecule has 11 nitrogen and oxygen atoms in total. The quantitative estimate of drug-likeness (QED) is 0.198. The molecule has 2 aromatic carbocycles. The lowest BCUT2D eigenvalue weighted by Crippen LogP contribution is -2.55. The van der Waals surface area contributed by atoms with Gasteiger partial charge in [-0.3, -0.25) is 14.8 Å². The third-order valence-electron chi connectivity index (χ3n) is 10.1. The standard InChI is InChI=1S/C35H36F2N6O5/c1-5-24-27(36)10-7-20-13-23(48-19-46-4)14-25(28(20)24)30-29(37)31-26(15-38-30)32(42-16-21-8-9-22(17-42)43(21)34(44)45)40-33(39-31)47-18-35(2)11-6-12-41(35)3/h1,7,10,13-15,21-22H,6,8-9,11-12,16-19H2,2-4H3,(H,44,45)/t21-,22+,35-/m0/s1. The summed E-state index contributed by atoms with van der Waals surface area (Å²) >= 11 is 0.